The zero-order valence-corrected chi connectivity index (χ0v) is 18.7. The molecule has 1 amide bonds. The molecule has 0 radical (unpaired) electrons. The summed E-state index contributed by atoms with van der Waals surface area (Å²) in [5.41, 5.74) is 4.62. The molecule has 0 fully saturated rings. The maximum atomic E-state index is 12.8. The van der Waals surface area contributed by atoms with Crippen LogP contribution in [0.25, 0.3) is 28.2 Å². The van der Waals surface area contributed by atoms with Gasteiger partial charge in [0.2, 0.25) is 0 Å². The van der Waals surface area contributed by atoms with E-state index in [9.17, 15) is 4.79 Å². The van der Waals surface area contributed by atoms with E-state index in [1.165, 1.54) is 0 Å². The molecule has 1 unspecified atom stereocenters. The zero-order chi connectivity index (χ0) is 22.5. The number of nitrogens with one attached hydrogen (secondary N) is 1. The van der Waals surface area contributed by atoms with Gasteiger partial charge in [-0.25, -0.2) is 9.50 Å². The molecule has 0 saturated carbocycles. The lowest BCUT2D eigenvalue weighted by Gasteiger charge is -2.26. The lowest BCUT2D eigenvalue weighted by molar-refractivity contribution is 0.0938. The van der Waals surface area contributed by atoms with Crippen LogP contribution in [0.1, 0.15) is 31.1 Å². The van der Waals surface area contributed by atoms with Crippen LogP contribution in [0.2, 0.25) is 0 Å². The third kappa shape index (κ3) is 4.53. The van der Waals surface area contributed by atoms with Crippen molar-refractivity contribution in [2.24, 2.45) is 0 Å². The molecular weight excluding hydrogens is 400 g/mol. The zero-order valence-electron chi connectivity index (χ0n) is 18.7. The van der Waals surface area contributed by atoms with Crippen LogP contribution < -0.4 is 5.32 Å². The lowest BCUT2D eigenvalue weighted by Crippen LogP contribution is -2.42. The fourth-order valence-corrected chi connectivity index (χ4v) is 3.86. The maximum Gasteiger partial charge on any atom is 0.251 e. The summed E-state index contributed by atoms with van der Waals surface area (Å²) in [4.78, 5) is 24.4. The quantitative estimate of drug-likeness (QED) is 0.460. The fraction of sp³-hybridized carbons (Fsp3) is 0.280. The van der Waals surface area contributed by atoms with E-state index >= 15 is 0 Å². The number of benzene rings is 1. The average Bonchev–Trinajstić information content (AvgIpc) is 3.27. The first kappa shape index (κ1) is 21.6. The molecule has 0 aliphatic rings. The van der Waals surface area contributed by atoms with E-state index in [0.29, 0.717) is 23.4 Å². The van der Waals surface area contributed by atoms with Crippen molar-refractivity contribution in [3.63, 3.8) is 0 Å². The average molecular weight is 429 g/mol. The van der Waals surface area contributed by atoms with E-state index in [1.807, 2.05) is 42.6 Å². The number of pyridine rings is 1. The van der Waals surface area contributed by atoms with E-state index in [0.717, 1.165) is 29.9 Å². The number of aromatic nitrogens is 4. The molecule has 0 aliphatic carbocycles. The highest BCUT2D eigenvalue weighted by molar-refractivity contribution is 5.95. The molecule has 1 aromatic carbocycles. The third-order valence-electron chi connectivity index (χ3n) is 5.73. The van der Waals surface area contributed by atoms with E-state index in [1.54, 1.807) is 29.0 Å². The Morgan fingerprint density at radius 2 is 1.88 bits per heavy atom. The second-order valence-electron chi connectivity index (χ2n) is 7.72. The van der Waals surface area contributed by atoms with Crippen LogP contribution in [0.3, 0.4) is 0 Å². The van der Waals surface area contributed by atoms with Gasteiger partial charge in [-0.15, -0.1) is 0 Å². The van der Waals surface area contributed by atoms with Crippen LogP contribution in [0.5, 0.6) is 0 Å². The number of carbonyl (C=O) groups excluding carboxylic acids is 1. The van der Waals surface area contributed by atoms with Gasteiger partial charge in [0, 0.05) is 36.1 Å². The molecule has 0 saturated heterocycles. The molecule has 1 atom stereocenters. The van der Waals surface area contributed by atoms with Gasteiger partial charge in [0.05, 0.1) is 23.1 Å². The van der Waals surface area contributed by atoms with Gasteiger partial charge in [0.15, 0.2) is 5.65 Å². The summed E-state index contributed by atoms with van der Waals surface area (Å²) in [5.74, 6) is -0.109. The SMILES string of the molecule is CCN(CC)C(C)CNC(=O)c1ccnc(-c2cnn3ccc(-c4ccccc4)nc23)c1. The van der Waals surface area contributed by atoms with Gasteiger partial charge in [-0.05, 0) is 38.2 Å². The van der Waals surface area contributed by atoms with E-state index < -0.39 is 0 Å². The van der Waals surface area contributed by atoms with Gasteiger partial charge in [-0.1, -0.05) is 44.2 Å². The summed E-state index contributed by atoms with van der Waals surface area (Å²) in [5, 5.41) is 7.45. The molecule has 3 aromatic heterocycles. The van der Waals surface area contributed by atoms with Crippen molar-refractivity contribution in [1.82, 2.24) is 29.8 Å². The summed E-state index contributed by atoms with van der Waals surface area (Å²) in [6.45, 7) is 8.89. The standard InChI is InChI=1S/C25H28N6O/c1-4-30(5-2)18(3)16-27-25(32)20-11-13-26-23(15-20)21-17-28-31-14-12-22(29-24(21)31)19-9-7-6-8-10-19/h6-15,17-18H,4-5,16H2,1-3H3,(H,27,32). The van der Waals surface area contributed by atoms with Crippen LogP contribution in [0.15, 0.2) is 67.1 Å². The Labute approximate surface area is 188 Å². The molecular formula is C25H28N6O. The van der Waals surface area contributed by atoms with Gasteiger partial charge >= 0.3 is 0 Å². The molecule has 4 rings (SSSR count). The molecule has 164 valence electrons. The normalized spacial score (nSPS) is 12.2. The Hall–Kier alpha value is -3.58. The summed E-state index contributed by atoms with van der Waals surface area (Å²) in [6, 6.07) is 15.8. The minimum absolute atomic E-state index is 0.109. The van der Waals surface area contributed by atoms with Crippen LogP contribution in [-0.4, -0.2) is 56.1 Å². The van der Waals surface area contributed by atoms with Crippen molar-refractivity contribution >= 4 is 11.6 Å². The Balaban J connectivity index is 1.58. The van der Waals surface area contributed by atoms with Crippen molar-refractivity contribution in [3.8, 4) is 22.5 Å². The van der Waals surface area contributed by atoms with Crippen LogP contribution in [0.4, 0.5) is 0 Å². The Bertz CT molecular complexity index is 1200. The summed E-state index contributed by atoms with van der Waals surface area (Å²) >= 11 is 0. The molecule has 7 nitrogen and oxygen atoms in total. The fourth-order valence-electron chi connectivity index (χ4n) is 3.86. The van der Waals surface area contributed by atoms with Gasteiger partial charge < -0.3 is 5.32 Å². The maximum absolute atomic E-state index is 12.8. The molecule has 0 bridgehead atoms. The molecule has 32 heavy (non-hydrogen) atoms. The smallest absolute Gasteiger partial charge is 0.251 e. The number of rotatable bonds is 8. The second kappa shape index (κ2) is 9.70. The van der Waals surface area contributed by atoms with Gasteiger partial charge in [0.1, 0.15) is 0 Å². The number of hydrogen-bond acceptors (Lipinski definition) is 5. The van der Waals surface area contributed by atoms with Crippen molar-refractivity contribution in [2.45, 2.75) is 26.8 Å². The first-order chi connectivity index (χ1) is 15.6. The minimum Gasteiger partial charge on any atom is -0.350 e. The summed E-state index contributed by atoms with van der Waals surface area (Å²) < 4.78 is 1.72. The minimum atomic E-state index is -0.109. The Morgan fingerprint density at radius 1 is 1.09 bits per heavy atom. The number of likely N-dealkylation sites (N-methyl/N-ethyl adjacent to an activating group) is 1. The molecule has 7 heteroatoms. The predicted octanol–water partition coefficient (Wildman–Crippen LogP) is 3.92. The first-order valence-corrected chi connectivity index (χ1v) is 11.0. The van der Waals surface area contributed by atoms with Crippen molar-refractivity contribution < 1.29 is 4.79 Å². The number of hydrogen-bond donors (Lipinski definition) is 1. The molecule has 4 aromatic rings. The van der Waals surface area contributed by atoms with Gasteiger partial charge in [0.25, 0.3) is 5.91 Å². The monoisotopic (exact) mass is 428 g/mol. The highest BCUT2D eigenvalue weighted by atomic mass is 16.1. The van der Waals surface area contributed by atoms with Gasteiger partial charge in [-0.3, -0.25) is 14.7 Å². The van der Waals surface area contributed by atoms with Crippen molar-refractivity contribution in [1.29, 1.82) is 0 Å². The van der Waals surface area contributed by atoms with E-state index in [4.69, 9.17) is 4.98 Å². The molecule has 3 heterocycles. The van der Waals surface area contributed by atoms with Crippen molar-refractivity contribution in [3.05, 3.63) is 72.7 Å². The predicted molar refractivity (Wildman–Crippen MR) is 126 cm³/mol. The topological polar surface area (TPSA) is 75.4 Å². The van der Waals surface area contributed by atoms with Gasteiger partial charge in [-0.2, -0.15) is 5.10 Å². The van der Waals surface area contributed by atoms with Crippen LogP contribution in [0, 0.1) is 0 Å². The summed E-state index contributed by atoms with van der Waals surface area (Å²) in [6.07, 6.45) is 5.28. The van der Waals surface area contributed by atoms with E-state index in [2.05, 4.69) is 41.1 Å². The van der Waals surface area contributed by atoms with Crippen molar-refractivity contribution in [2.75, 3.05) is 19.6 Å². The third-order valence-corrected chi connectivity index (χ3v) is 5.73. The number of fused-ring (bicyclic) bond motifs is 1. The number of nitrogens with zero attached hydrogens (tertiary/aromatic N) is 5. The Kier molecular flexibility index (Phi) is 6.56. The van der Waals surface area contributed by atoms with Crippen LogP contribution in [-0.2, 0) is 0 Å². The molecule has 0 aliphatic heterocycles. The Morgan fingerprint density at radius 3 is 2.62 bits per heavy atom. The highest BCUT2D eigenvalue weighted by Crippen LogP contribution is 2.25. The molecule has 0 spiro atoms. The first-order valence-electron chi connectivity index (χ1n) is 11.0. The lowest BCUT2D eigenvalue weighted by atomic mass is 10.1. The second-order valence-corrected chi connectivity index (χ2v) is 7.72. The number of carbonyl (C=O) groups is 1. The number of amides is 1. The summed E-state index contributed by atoms with van der Waals surface area (Å²) in [7, 11) is 0. The molecule has 1 N–H and O–H groups in total. The van der Waals surface area contributed by atoms with Crippen LogP contribution >= 0.6 is 0 Å². The largest absolute Gasteiger partial charge is 0.350 e. The van der Waals surface area contributed by atoms with E-state index in [-0.39, 0.29) is 11.9 Å². The highest BCUT2D eigenvalue weighted by Gasteiger charge is 2.15.